The number of carbonyl (C=O) groups excluding carboxylic acids is 1. The van der Waals surface area contributed by atoms with Gasteiger partial charge in [0, 0.05) is 5.69 Å². The van der Waals surface area contributed by atoms with E-state index in [2.05, 4.69) is 4.72 Å². The quantitative estimate of drug-likeness (QED) is 0.897. The summed E-state index contributed by atoms with van der Waals surface area (Å²) in [6.45, 7) is 0. The minimum Gasteiger partial charge on any atom is -0.545 e. The summed E-state index contributed by atoms with van der Waals surface area (Å²) in [5.74, 6) is -1.36. The minimum absolute atomic E-state index is 0.0896. The van der Waals surface area contributed by atoms with Crippen LogP contribution >= 0.6 is 0 Å². The van der Waals surface area contributed by atoms with E-state index < -0.39 is 16.0 Å². The van der Waals surface area contributed by atoms with Gasteiger partial charge < -0.3 is 9.90 Å². The van der Waals surface area contributed by atoms with E-state index in [0.29, 0.717) is 0 Å². The van der Waals surface area contributed by atoms with Crippen molar-refractivity contribution in [3.63, 3.8) is 0 Å². The van der Waals surface area contributed by atoms with Crippen molar-refractivity contribution in [1.29, 1.82) is 0 Å². The molecule has 0 unspecified atom stereocenters. The van der Waals surface area contributed by atoms with Gasteiger partial charge in [0.2, 0.25) is 0 Å². The molecule has 0 aromatic heterocycles. The first-order valence-corrected chi connectivity index (χ1v) is 6.87. The molecule has 0 radical (unpaired) electrons. The van der Waals surface area contributed by atoms with E-state index in [0.717, 1.165) is 0 Å². The van der Waals surface area contributed by atoms with Crippen molar-refractivity contribution in [1.82, 2.24) is 0 Å². The Morgan fingerprint density at radius 3 is 2.32 bits per heavy atom. The number of rotatable bonds is 4. The van der Waals surface area contributed by atoms with Crippen molar-refractivity contribution < 1.29 is 18.3 Å². The molecule has 0 saturated heterocycles. The Labute approximate surface area is 110 Å². The van der Waals surface area contributed by atoms with Gasteiger partial charge >= 0.3 is 0 Å². The van der Waals surface area contributed by atoms with Crippen LogP contribution in [-0.4, -0.2) is 14.4 Å². The van der Waals surface area contributed by atoms with Crippen LogP contribution in [0.3, 0.4) is 0 Å². The highest BCUT2D eigenvalue weighted by atomic mass is 32.2. The number of hydrogen-bond acceptors (Lipinski definition) is 4. The van der Waals surface area contributed by atoms with Crippen LogP contribution in [0, 0.1) is 0 Å². The average molecular weight is 276 g/mol. The molecule has 0 aliphatic rings. The van der Waals surface area contributed by atoms with Gasteiger partial charge in [-0.2, -0.15) is 0 Å². The van der Waals surface area contributed by atoms with Crippen molar-refractivity contribution >= 4 is 21.7 Å². The molecule has 1 N–H and O–H groups in total. The predicted octanol–water partition coefficient (Wildman–Crippen LogP) is 0.851. The van der Waals surface area contributed by atoms with Crippen molar-refractivity contribution in [3.8, 4) is 0 Å². The number of sulfonamides is 1. The molecule has 98 valence electrons. The van der Waals surface area contributed by atoms with Gasteiger partial charge in [-0.05, 0) is 29.8 Å². The van der Waals surface area contributed by atoms with Gasteiger partial charge in [-0.25, -0.2) is 8.42 Å². The van der Waals surface area contributed by atoms with E-state index >= 15 is 0 Å². The topological polar surface area (TPSA) is 86.3 Å². The number of anilines is 1. The first kappa shape index (κ1) is 13.1. The van der Waals surface area contributed by atoms with Crippen molar-refractivity contribution in [2.75, 3.05) is 4.72 Å². The normalized spacial score (nSPS) is 10.9. The fourth-order valence-corrected chi connectivity index (χ4v) is 2.59. The Balaban J connectivity index is 2.31. The minimum atomic E-state index is -3.72. The smallest absolute Gasteiger partial charge is 0.261 e. The second kappa shape index (κ2) is 5.11. The zero-order valence-electron chi connectivity index (χ0n) is 9.74. The standard InChI is InChI=1S/C13H11NO4S/c15-13(16)10-5-4-6-11(9-10)14-19(17,18)12-7-2-1-3-8-12/h1-9,14H,(H,15,16)/p-1. The molecule has 0 atom stereocenters. The molecule has 6 heteroatoms. The molecule has 0 amide bonds. The Bertz CT molecular complexity index is 696. The van der Waals surface area contributed by atoms with Gasteiger partial charge in [0.15, 0.2) is 0 Å². The van der Waals surface area contributed by atoms with Crippen LogP contribution in [0.5, 0.6) is 0 Å². The Hall–Kier alpha value is -2.34. The summed E-state index contributed by atoms with van der Waals surface area (Å²) in [5, 5.41) is 10.7. The molecule has 0 saturated carbocycles. The lowest BCUT2D eigenvalue weighted by Crippen LogP contribution is -2.22. The zero-order valence-corrected chi connectivity index (χ0v) is 10.6. The third-order valence-electron chi connectivity index (χ3n) is 2.40. The number of hydrogen-bond donors (Lipinski definition) is 1. The van der Waals surface area contributed by atoms with Crippen molar-refractivity contribution in [2.45, 2.75) is 4.90 Å². The van der Waals surface area contributed by atoms with E-state index in [9.17, 15) is 18.3 Å². The lowest BCUT2D eigenvalue weighted by atomic mass is 10.2. The zero-order chi connectivity index (χ0) is 13.9. The SMILES string of the molecule is O=C([O-])c1cccc(NS(=O)(=O)c2ccccc2)c1. The number of benzene rings is 2. The number of carbonyl (C=O) groups is 1. The van der Waals surface area contributed by atoms with E-state index in [1.54, 1.807) is 18.2 Å². The fourth-order valence-electron chi connectivity index (χ4n) is 1.52. The van der Waals surface area contributed by atoms with E-state index in [4.69, 9.17) is 0 Å². The highest BCUT2D eigenvalue weighted by Gasteiger charge is 2.13. The predicted molar refractivity (Wildman–Crippen MR) is 68.0 cm³/mol. The van der Waals surface area contributed by atoms with Crippen LogP contribution in [0.1, 0.15) is 10.4 Å². The Kier molecular flexibility index (Phi) is 3.52. The monoisotopic (exact) mass is 276 g/mol. The molecule has 19 heavy (non-hydrogen) atoms. The van der Waals surface area contributed by atoms with Gasteiger partial charge in [-0.1, -0.05) is 30.3 Å². The lowest BCUT2D eigenvalue weighted by Gasteiger charge is -2.09. The summed E-state index contributed by atoms with van der Waals surface area (Å²) in [6.07, 6.45) is 0. The molecule has 0 aliphatic carbocycles. The number of carboxylic acids is 1. The van der Waals surface area contributed by atoms with Crippen LogP contribution in [-0.2, 0) is 10.0 Å². The maximum Gasteiger partial charge on any atom is 0.261 e. The molecule has 0 fully saturated rings. The third kappa shape index (κ3) is 3.11. The van der Waals surface area contributed by atoms with E-state index in [1.165, 1.54) is 36.4 Å². The summed E-state index contributed by atoms with van der Waals surface area (Å²) in [4.78, 5) is 10.8. The summed E-state index contributed by atoms with van der Waals surface area (Å²) < 4.78 is 26.3. The first-order valence-electron chi connectivity index (χ1n) is 5.38. The molecular formula is C13H10NO4S-. The summed E-state index contributed by atoms with van der Waals surface area (Å²) in [5.41, 5.74) is 0.0822. The summed E-state index contributed by atoms with van der Waals surface area (Å²) in [7, 11) is -3.72. The maximum atomic E-state index is 12.0. The molecule has 0 heterocycles. The highest BCUT2D eigenvalue weighted by molar-refractivity contribution is 7.92. The number of aromatic carboxylic acids is 1. The first-order chi connectivity index (χ1) is 8.99. The molecule has 2 aromatic carbocycles. The lowest BCUT2D eigenvalue weighted by molar-refractivity contribution is -0.255. The Morgan fingerprint density at radius 1 is 1.00 bits per heavy atom. The van der Waals surface area contributed by atoms with Gasteiger partial charge in [0.1, 0.15) is 0 Å². The van der Waals surface area contributed by atoms with Gasteiger partial charge in [0.05, 0.1) is 10.9 Å². The molecule has 0 bridgehead atoms. The number of carboxylic acid groups (broad SMARTS) is 1. The van der Waals surface area contributed by atoms with Gasteiger partial charge in [-0.3, -0.25) is 4.72 Å². The molecular weight excluding hydrogens is 266 g/mol. The highest BCUT2D eigenvalue weighted by Crippen LogP contribution is 2.16. The fraction of sp³-hybridized carbons (Fsp3) is 0. The molecule has 2 aromatic rings. The number of nitrogens with one attached hydrogen (secondary N) is 1. The van der Waals surface area contributed by atoms with Crippen LogP contribution in [0.15, 0.2) is 59.5 Å². The van der Waals surface area contributed by atoms with Crippen LogP contribution < -0.4 is 9.83 Å². The van der Waals surface area contributed by atoms with Gasteiger partial charge in [0.25, 0.3) is 10.0 Å². The largest absolute Gasteiger partial charge is 0.545 e. The maximum absolute atomic E-state index is 12.0. The molecule has 0 aliphatic heterocycles. The van der Waals surface area contributed by atoms with Crippen molar-refractivity contribution in [2.24, 2.45) is 0 Å². The second-order valence-corrected chi connectivity index (χ2v) is 5.47. The van der Waals surface area contributed by atoms with Crippen LogP contribution in [0.25, 0.3) is 0 Å². The average Bonchev–Trinajstić information content (AvgIpc) is 2.39. The van der Waals surface area contributed by atoms with Crippen LogP contribution in [0.2, 0.25) is 0 Å². The summed E-state index contributed by atoms with van der Waals surface area (Å²) in [6, 6.07) is 13.2. The third-order valence-corrected chi connectivity index (χ3v) is 3.80. The summed E-state index contributed by atoms with van der Waals surface area (Å²) >= 11 is 0. The van der Waals surface area contributed by atoms with E-state index in [1.807, 2.05) is 0 Å². The molecule has 0 spiro atoms. The Morgan fingerprint density at radius 2 is 1.68 bits per heavy atom. The van der Waals surface area contributed by atoms with E-state index in [-0.39, 0.29) is 16.1 Å². The molecule has 2 rings (SSSR count). The van der Waals surface area contributed by atoms with Crippen LogP contribution in [0.4, 0.5) is 5.69 Å². The molecule has 5 nitrogen and oxygen atoms in total. The van der Waals surface area contributed by atoms with Gasteiger partial charge in [-0.15, -0.1) is 0 Å². The second-order valence-electron chi connectivity index (χ2n) is 3.79. The van der Waals surface area contributed by atoms with Crippen molar-refractivity contribution in [3.05, 3.63) is 60.2 Å².